The number of nitrogens with one attached hydrogen (secondary N) is 1. The zero-order valence-corrected chi connectivity index (χ0v) is 16.4. The molecule has 1 atom stereocenters. The van der Waals surface area contributed by atoms with Crippen LogP contribution in [-0.2, 0) is 13.1 Å². The van der Waals surface area contributed by atoms with Gasteiger partial charge in [-0.05, 0) is 24.5 Å². The molecule has 0 spiro atoms. The molecular weight excluding hydrogens is 364 g/mol. The fourth-order valence-electron chi connectivity index (χ4n) is 3.60. The van der Waals surface area contributed by atoms with Crippen LogP contribution < -0.4 is 5.32 Å². The van der Waals surface area contributed by atoms with Gasteiger partial charge in [-0.25, -0.2) is 0 Å². The van der Waals surface area contributed by atoms with Crippen LogP contribution >= 0.6 is 0 Å². The molecule has 4 rings (SSSR count). The van der Waals surface area contributed by atoms with E-state index in [1.165, 1.54) is 0 Å². The van der Waals surface area contributed by atoms with E-state index >= 15 is 0 Å². The minimum absolute atomic E-state index is 0.0889. The van der Waals surface area contributed by atoms with Gasteiger partial charge in [-0.2, -0.15) is 5.10 Å². The van der Waals surface area contributed by atoms with Crippen molar-refractivity contribution < 1.29 is 9.59 Å². The van der Waals surface area contributed by atoms with E-state index in [9.17, 15) is 9.59 Å². The molecule has 6 heteroatoms. The lowest BCUT2D eigenvalue weighted by Crippen LogP contribution is -2.30. The molecule has 1 aromatic heterocycles. The highest BCUT2D eigenvalue weighted by atomic mass is 16.2. The Hall–Kier alpha value is -3.41. The van der Waals surface area contributed by atoms with Crippen molar-refractivity contribution in [3.63, 3.8) is 0 Å². The maximum absolute atomic E-state index is 13.1. The van der Waals surface area contributed by atoms with Crippen LogP contribution in [-0.4, -0.2) is 33.0 Å². The molecule has 0 bridgehead atoms. The van der Waals surface area contributed by atoms with Gasteiger partial charge in [0.15, 0.2) is 5.69 Å². The summed E-state index contributed by atoms with van der Waals surface area (Å²) in [5, 5.41) is 7.37. The predicted octanol–water partition coefficient (Wildman–Crippen LogP) is 3.42. The van der Waals surface area contributed by atoms with E-state index in [-0.39, 0.29) is 23.6 Å². The monoisotopic (exact) mass is 388 g/mol. The van der Waals surface area contributed by atoms with Crippen LogP contribution in [0, 0.1) is 0 Å². The largest absolute Gasteiger partial charge is 0.344 e. The minimum atomic E-state index is -0.274. The summed E-state index contributed by atoms with van der Waals surface area (Å²) >= 11 is 0. The number of amides is 2. The fraction of sp³-hybridized carbons (Fsp3) is 0.261. The molecule has 0 saturated carbocycles. The first-order valence-electron chi connectivity index (χ1n) is 9.88. The summed E-state index contributed by atoms with van der Waals surface area (Å²) in [6, 6.07) is 21.2. The number of hydrogen-bond donors (Lipinski definition) is 1. The molecule has 0 radical (unpaired) electrons. The molecule has 2 aromatic carbocycles. The lowest BCUT2D eigenvalue weighted by molar-refractivity contribution is 0.0745. The molecular formula is C23H24N4O2. The standard InChI is InChI=1S/C23H24N4O2/c1-17(19-11-6-3-7-12-19)24-22(28)20-15-21-23(29)26(13-8-14-27(21)25-20)16-18-9-4-2-5-10-18/h2-7,9-12,15,17H,8,13-14,16H2,1H3,(H,24,28)/t17-/m1/s1. The van der Waals surface area contributed by atoms with Gasteiger partial charge in [0.25, 0.3) is 11.8 Å². The first-order valence-corrected chi connectivity index (χ1v) is 9.88. The zero-order chi connectivity index (χ0) is 20.2. The van der Waals surface area contributed by atoms with Gasteiger partial charge < -0.3 is 10.2 Å². The van der Waals surface area contributed by atoms with Crippen LogP contribution in [0.2, 0.25) is 0 Å². The summed E-state index contributed by atoms with van der Waals surface area (Å²) in [5.41, 5.74) is 2.85. The molecule has 148 valence electrons. The van der Waals surface area contributed by atoms with Crippen molar-refractivity contribution in [2.75, 3.05) is 6.54 Å². The van der Waals surface area contributed by atoms with Crippen LogP contribution in [0.15, 0.2) is 66.7 Å². The molecule has 1 N–H and O–H groups in total. The first-order chi connectivity index (χ1) is 14.1. The quantitative estimate of drug-likeness (QED) is 0.728. The SMILES string of the molecule is C[C@@H](NC(=O)c1cc2n(n1)CCCN(Cc1ccccc1)C2=O)c1ccccc1. The summed E-state index contributed by atoms with van der Waals surface area (Å²) in [6.45, 7) is 3.77. The highest BCUT2D eigenvalue weighted by Gasteiger charge is 2.26. The van der Waals surface area contributed by atoms with E-state index in [2.05, 4.69) is 10.4 Å². The highest BCUT2D eigenvalue weighted by Crippen LogP contribution is 2.18. The number of carbonyl (C=O) groups is 2. The summed E-state index contributed by atoms with van der Waals surface area (Å²) in [5.74, 6) is -0.363. The molecule has 0 unspecified atom stereocenters. The van der Waals surface area contributed by atoms with E-state index in [4.69, 9.17) is 0 Å². The number of hydrogen-bond acceptors (Lipinski definition) is 3. The number of nitrogens with zero attached hydrogens (tertiary/aromatic N) is 3. The number of carbonyl (C=O) groups excluding carboxylic acids is 2. The molecule has 0 aliphatic carbocycles. The van der Waals surface area contributed by atoms with Crippen molar-refractivity contribution in [3.8, 4) is 0 Å². The number of aryl methyl sites for hydroxylation is 1. The topological polar surface area (TPSA) is 67.2 Å². The number of aromatic nitrogens is 2. The Morgan fingerprint density at radius 2 is 1.76 bits per heavy atom. The third kappa shape index (κ3) is 4.21. The van der Waals surface area contributed by atoms with Gasteiger partial charge >= 0.3 is 0 Å². The second-order valence-electron chi connectivity index (χ2n) is 7.31. The van der Waals surface area contributed by atoms with Gasteiger partial charge in [-0.15, -0.1) is 0 Å². The van der Waals surface area contributed by atoms with E-state index < -0.39 is 0 Å². The molecule has 0 fully saturated rings. The van der Waals surface area contributed by atoms with E-state index in [1.54, 1.807) is 10.7 Å². The Kier molecular flexibility index (Phi) is 5.42. The van der Waals surface area contributed by atoms with Crippen molar-refractivity contribution in [1.29, 1.82) is 0 Å². The highest BCUT2D eigenvalue weighted by molar-refractivity contribution is 5.98. The van der Waals surface area contributed by atoms with E-state index in [0.717, 1.165) is 17.5 Å². The van der Waals surface area contributed by atoms with Crippen molar-refractivity contribution in [1.82, 2.24) is 20.0 Å². The molecule has 2 heterocycles. The van der Waals surface area contributed by atoms with Gasteiger partial charge in [-0.1, -0.05) is 60.7 Å². The van der Waals surface area contributed by atoms with Gasteiger partial charge in [-0.3, -0.25) is 14.3 Å². The Bertz CT molecular complexity index is 998. The maximum Gasteiger partial charge on any atom is 0.272 e. The molecule has 29 heavy (non-hydrogen) atoms. The smallest absolute Gasteiger partial charge is 0.272 e. The average molecular weight is 388 g/mol. The summed E-state index contributed by atoms with van der Waals surface area (Å²) in [7, 11) is 0. The third-order valence-electron chi connectivity index (χ3n) is 5.18. The summed E-state index contributed by atoms with van der Waals surface area (Å²) in [4.78, 5) is 27.6. The van der Waals surface area contributed by atoms with E-state index in [1.807, 2.05) is 72.5 Å². The number of benzene rings is 2. The number of rotatable bonds is 5. The van der Waals surface area contributed by atoms with Crippen LogP contribution in [0.1, 0.15) is 51.5 Å². The minimum Gasteiger partial charge on any atom is -0.344 e. The number of fused-ring (bicyclic) bond motifs is 1. The van der Waals surface area contributed by atoms with E-state index in [0.29, 0.717) is 25.3 Å². The lowest BCUT2D eigenvalue weighted by atomic mass is 10.1. The lowest BCUT2D eigenvalue weighted by Gasteiger charge is -2.20. The summed E-state index contributed by atoms with van der Waals surface area (Å²) < 4.78 is 1.66. The molecule has 2 amide bonds. The predicted molar refractivity (Wildman–Crippen MR) is 110 cm³/mol. The van der Waals surface area contributed by atoms with Crippen molar-refractivity contribution in [3.05, 3.63) is 89.2 Å². The molecule has 1 aliphatic rings. The zero-order valence-electron chi connectivity index (χ0n) is 16.4. The van der Waals surface area contributed by atoms with Gasteiger partial charge in [0.1, 0.15) is 5.69 Å². The second-order valence-corrected chi connectivity index (χ2v) is 7.31. The first kappa shape index (κ1) is 18.9. The van der Waals surface area contributed by atoms with Crippen molar-refractivity contribution in [2.45, 2.75) is 32.5 Å². The van der Waals surface area contributed by atoms with Gasteiger partial charge in [0.2, 0.25) is 0 Å². The van der Waals surface area contributed by atoms with Crippen molar-refractivity contribution >= 4 is 11.8 Å². The molecule has 6 nitrogen and oxygen atoms in total. The molecule has 0 saturated heterocycles. The summed E-state index contributed by atoms with van der Waals surface area (Å²) in [6.07, 6.45) is 0.800. The van der Waals surface area contributed by atoms with Crippen molar-refractivity contribution in [2.24, 2.45) is 0 Å². The van der Waals surface area contributed by atoms with Crippen LogP contribution in [0.4, 0.5) is 0 Å². The van der Waals surface area contributed by atoms with Crippen LogP contribution in [0.5, 0.6) is 0 Å². The van der Waals surface area contributed by atoms with Gasteiger partial charge in [0, 0.05) is 25.7 Å². The molecule has 1 aliphatic heterocycles. The Labute approximate surface area is 170 Å². The van der Waals surface area contributed by atoms with Gasteiger partial charge in [0.05, 0.1) is 6.04 Å². The second kappa shape index (κ2) is 8.31. The Morgan fingerprint density at radius 1 is 1.07 bits per heavy atom. The third-order valence-corrected chi connectivity index (χ3v) is 5.18. The van der Waals surface area contributed by atoms with Crippen LogP contribution in [0.25, 0.3) is 0 Å². The Morgan fingerprint density at radius 3 is 2.48 bits per heavy atom. The fourth-order valence-corrected chi connectivity index (χ4v) is 3.60. The average Bonchev–Trinajstić information content (AvgIpc) is 3.12. The maximum atomic E-state index is 13.1. The normalized spacial score (nSPS) is 14.8. The molecule has 3 aromatic rings. The van der Waals surface area contributed by atoms with Crippen LogP contribution in [0.3, 0.4) is 0 Å². The Balaban J connectivity index is 1.50.